The highest BCUT2D eigenvalue weighted by Gasteiger charge is 2.18. The van der Waals surface area contributed by atoms with E-state index in [1.807, 2.05) is 6.92 Å². The third-order valence-electron chi connectivity index (χ3n) is 2.99. The lowest BCUT2D eigenvalue weighted by molar-refractivity contribution is 0.0993. The maximum absolute atomic E-state index is 12.2. The Morgan fingerprint density at radius 2 is 2.00 bits per heavy atom. The van der Waals surface area contributed by atoms with Crippen LogP contribution in [0.15, 0.2) is 17.1 Å². The number of carbonyl (C=O) groups is 1. The molecular weight excluding hydrogens is 246 g/mol. The lowest BCUT2D eigenvalue weighted by Gasteiger charge is -2.12. The van der Waals surface area contributed by atoms with Gasteiger partial charge in [-0.15, -0.1) is 0 Å². The van der Waals surface area contributed by atoms with E-state index in [1.54, 1.807) is 26.4 Å². The van der Waals surface area contributed by atoms with Crippen LogP contribution in [0.5, 0.6) is 11.5 Å². The van der Waals surface area contributed by atoms with E-state index in [1.165, 1.54) is 0 Å². The van der Waals surface area contributed by atoms with Crippen molar-refractivity contribution in [1.82, 2.24) is 0 Å². The minimum Gasteiger partial charge on any atom is -0.493 e. The molecule has 1 heterocycles. The summed E-state index contributed by atoms with van der Waals surface area (Å²) in [6, 6.07) is 3.50. The number of ether oxygens (including phenoxy) is 3. The molecule has 0 fully saturated rings. The van der Waals surface area contributed by atoms with E-state index in [-0.39, 0.29) is 12.2 Å². The molecule has 0 saturated heterocycles. The van der Waals surface area contributed by atoms with Gasteiger partial charge >= 0.3 is 0 Å². The van der Waals surface area contributed by atoms with Crippen LogP contribution in [0.4, 0.5) is 0 Å². The number of hydrogen-bond acceptors (Lipinski definition) is 5. The highest BCUT2D eigenvalue weighted by atomic mass is 16.5. The molecule has 0 radical (unpaired) electrons. The summed E-state index contributed by atoms with van der Waals surface area (Å²) in [4.78, 5) is 16.4. The zero-order valence-corrected chi connectivity index (χ0v) is 11.4. The van der Waals surface area contributed by atoms with Crippen LogP contribution in [0.3, 0.4) is 0 Å². The molecule has 102 valence electrons. The fraction of sp³-hybridized carbons (Fsp3) is 0.429. The Morgan fingerprint density at radius 1 is 1.32 bits per heavy atom. The molecule has 5 heteroatoms. The van der Waals surface area contributed by atoms with Gasteiger partial charge in [0.15, 0.2) is 23.2 Å². The van der Waals surface area contributed by atoms with Gasteiger partial charge in [-0.05, 0) is 24.6 Å². The quantitative estimate of drug-likeness (QED) is 0.762. The Labute approximate surface area is 112 Å². The molecule has 0 amide bonds. The molecule has 0 unspecified atom stereocenters. The Morgan fingerprint density at radius 3 is 2.58 bits per heavy atom. The molecule has 19 heavy (non-hydrogen) atoms. The van der Waals surface area contributed by atoms with E-state index in [2.05, 4.69) is 4.99 Å². The van der Waals surface area contributed by atoms with E-state index in [0.717, 1.165) is 5.56 Å². The normalized spacial score (nSPS) is 13.7. The summed E-state index contributed by atoms with van der Waals surface area (Å²) in [7, 11) is 3.12. The van der Waals surface area contributed by atoms with E-state index < -0.39 is 0 Å². The molecule has 0 aromatic heterocycles. The highest BCUT2D eigenvalue weighted by molar-refractivity contribution is 6.08. The van der Waals surface area contributed by atoms with E-state index in [0.29, 0.717) is 36.1 Å². The lowest BCUT2D eigenvalue weighted by atomic mass is 10.0. The first kappa shape index (κ1) is 13.4. The van der Waals surface area contributed by atoms with Gasteiger partial charge in [-0.3, -0.25) is 9.79 Å². The van der Waals surface area contributed by atoms with Crippen LogP contribution in [0.25, 0.3) is 0 Å². The number of Topliss-reactive ketones (excluding diaryl/α,β-unsaturated/α-hetero) is 1. The van der Waals surface area contributed by atoms with Crippen LogP contribution in [-0.4, -0.2) is 39.1 Å². The molecule has 1 aromatic carbocycles. The van der Waals surface area contributed by atoms with Crippen molar-refractivity contribution in [2.75, 3.05) is 27.4 Å². The molecule has 1 aromatic rings. The average molecular weight is 263 g/mol. The maximum Gasteiger partial charge on any atom is 0.191 e. The maximum atomic E-state index is 12.2. The molecule has 0 bridgehead atoms. The van der Waals surface area contributed by atoms with Crippen LogP contribution >= 0.6 is 0 Å². The Bertz CT molecular complexity index is 522. The number of aryl methyl sites for hydroxylation is 1. The third kappa shape index (κ3) is 2.86. The van der Waals surface area contributed by atoms with Crippen molar-refractivity contribution in [3.63, 3.8) is 0 Å². The fourth-order valence-corrected chi connectivity index (χ4v) is 2.00. The molecule has 0 aliphatic carbocycles. The van der Waals surface area contributed by atoms with Crippen LogP contribution in [0.1, 0.15) is 22.3 Å². The number of benzene rings is 1. The summed E-state index contributed by atoms with van der Waals surface area (Å²) < 4.78 is 15.7. The fourth-order valence-electron chi connectivity index (χ4n) is 2.00. The Balaban J connectivity index is 2.25. The van der Waals surface area contributed by atoms with Gasteiger partial charge in [-0.2, -0.15) is 0 Å². The average Bonchev–Trinajstić information content (AvgIpc) is 2.90. The van der Waals surface area contributed by atoms with Crippen molar-refractivity contribution in [1.29, 1.82) is 0 Å². The number of ketones is 1. The van der Waals surface area contributed by atoms with Crippen molar-refractivity contribution in [3.05, 3.63) is 23.3 Å². The first-order chi connectivity index (χ1) is 9.15. The number of nitrogens with zero attached hydrogens (tertiary/aromatic N) is 1. The smallest absolute Gasteiger partial charge is 0.191 e. The molecule has 0 N–H and O–H groups in total. The number of rotatable bonds is 5. The van der Waals surface area contributed by atoms with Crippen molar-refractivity contribution < 1.29 is 19.0 Å². The van der Waals surface area contributed by atoms with E-state index >= 15 is 0 Å². The van der Waals surface area contributed by atoms with Crippen molar-refractivity contribution in [2.24, 2.45) is 4.99 Å². The zero-order chi connectivity index (χ0) is 13.8. The minimum absolute atomic E-state index is 0.0286. The summed E-state index contributed by atoms with van der Waals surface area (Å²) in [5.74, 6) is 1.65. The molecule has 0 saturated carbocycles. The van der Waals surface area contributed by atoms with Crippen LogP contribution in [0, 0.1) is 6.92 Å². The molecule has 5 nitrogen and oxygen atoms in total. The SMILES string of the molecule is COc1cc(C)c(C(=O)CC2=NCCO2)cc1OC. The highest BCUT2D eigenvalue weighted by Crippen LogP contribution is 2.30. The van der Waals surface area contributed by atoms with Gasteiger partial charge in [0.2, 0.25) is 0 Å². The number of aliphatic imine (C=N–C) groups is 1. The molecule has 1 aliphatic rings. The Kier molecular flexibility index (Phi) is 4.04. The summed E-state index contributed by atoms with van der Waals surface area (Å²) in [6.45, 7) is 3.06. The molecule has 2 rings (SSSR count). The van der Waals surface area contributed by atoms with E-state index in [4.69, 9.17) is 14.2 Å². The van der Waals surface area contributed by atoms with Crippen molar-refractivity contribution in [3.8, 4) is 11.5 Å². The zero-order valence-electron chi connectivity index (χ0n) is 11.4. The number of hydrogen-bond donors (Lipinski definition) is 0. The van der Waals surface area contributed by atoms with Crippen LogP contribution in [-0.2, 0) is 4.74 Å². The molecular formula is C14H17NO4. The summed E-state index contributed by atoms with van der Waals surface area (Å²) in [5, 5.41) is 0. The molecule has 0 atom stereocenters. The standard InChI is InChI=1S/C14H17NO4/c1-9-6-12(17-2)13(18-3)7-10(9)11(16)8-14-15-4-5-19-14/h6-7H,4-5,8H2,1-3H3. The predicted molar refractivity (Wildman–Crippen MR) is 71.5 cm³/mol. The number of carbonyl (C=O) groups excluding carboxylic acids is 1. The topological polar surface area (TPSA) is 57.1 Å². The lowest BCUT2D eigenvalue weighted by Crippen LogP contribution is -2.10. The van der Waals surface area contributed by atoms with Gasteiger partial charge in [0, 0.05) is 5.56 Å². The Hall–Kier alpha value is -2.04. The van der Waals surface area contributed by atoms with Gasteiger partial charge in [-0.1, -0.05) is 0 Å². The molecule has 0 spiro atoms. The second-order valence-electron chi connectivity index (χ2n) is 4.25. The second kappa shape index (κ2) is 5.73. The van der Waals surface area contributed by atoms with Gasteiger partial charge in [0.25, 0.3) is 0 Å². The summed E-state index contributed by atoms with van der Waals surface area (Å²) in [6.07, 6.45) is 0.191. The monoisotopic (exact) mass is 263 g/mol. The third-order valence-corrected chi connectivity index (χ3v) is 2.99. The first-order valence-corrected chi connectivity index (χ1v) is 6.07. The summed E-state index contributed by atoms with van der Waals surface area (Å²) in [5.41, 5.74) is 1.46. The van der Waals surface area contributed by atoms with Gasteiger partial charge < -0.3 is 14.2 Å². The first-order valence-electron chi connectivity index (χ1n) is 6.07. The van der Waals surface area contributed by atoms with Crippen LogP contribution < -0.4 is 9.47 Å². The van der Waals surface area contributed by atoms with Gasteiger partial charge in [0.05, 0.1) is 27.2 Å². The predicted octanol–water partition coefficient (Wildman–Crippen LogP) is 2.01. The van der Waals surface area contributed by atoms with E-state index in [9.17, 15) is 4.79 Å². The van der Waals surface area contributed by atoms with Crippen LogP contribution in [0.2, 0.25) is 0 Å². The largest absolute Gasteiger partial charge is 0.493 e. The van der Waals surface area contributed by atoms with Gasteiger partial charge in [0.1, 0.15) is 6.61 Å². The second-order valence-corrected chi connectivity index (χ2v) is 4.25. The van der Waals surface area contributed by atoms with Crippen molar-refractivity contribution in [2.45, 2.75) is 13.3 Å². The molecule has 1 aliphatic heterocycles. The van der Waals surface area contributed by atoms with Crippen molar-refractivity contribution >= 4 is 11.7 Å². The summed E-state index contributed by atoms with van der Waals surface area (Å²) >= 11 is 0. The minimum atomic E-state index is -0.0286. The van der Waals surface area contributed by atoms with Gasteiger partial charge in [-0.25, -0.2) is 0 Å². The number of methoxy groups -OCH3 is 2.